The molecule has 0 aliphatic carbocycles. The first kappa shape index (κ1) is 22.0. The van der Waals surface area contributed by atoms with Crippen molar-refractivity contribution in [3.63, 3.8) is 0 Å². The number of aromatic nitrogens is 6. The lowest BCUT2D eigenvalue weighted by Gasteiger charge is -2.33. The van der Waals surface area contributed by atoms with E-state index in [-0.39, 0.29) is 12.2 Å². The van der Waals surface area contributed by atoms with E-state index in [9.17, 15) is 4.79 Å². The number of likely N-dealkylation sites (tertiary alicyclic amines) is 1. The number of carbonyl (C=O) groups is 1. The number of ether oxygens (including phenoxy) is 2. The zero-order valence-electron chi connectivity index (χ0n) is 19.6. The van der Waals surface area contributed by atoms with Crippen LogP contribution < -0.4 is 4.74 Å². The molecule has 0 N–H and O–H groups in total. The van der Waals surface area contributed by atoms with Crippen LogP contribution in [-0.2, 0) is 18.3 Å². The number of carbonyl (C=O) groups excluding carboxylic acids is 1. The molecule has 4 rings (SSSR count). The van der Waals surface area contributed by atoms with Crippen molar-refractivity contribution in [1.82, 2.24) is 34.2 Å². The summed E-state index contributed by atoms with van der Waals surface area (Å²) in [5, 5.41) is 4.43. The van der Waals surface area contributed by atoms with E-state index in [0.29, 0.717) is 43.0 Å². The van der Waals surface area contributed by atoms with Crippen molar-refractivity contribution in [1.29, 1.82) is 0 Å². The molecule has 4 heterocycles. The molecule has 1 aliphatic rings. The fraction of sp³-hybridized carbons (Fsp3) is 0.591. The van der Waals surface area contributed by atoms with Gasteiger partial charge >= 0.3 is 6.09 Å². The second-order valence-electron chi connectivity index (χ2n) is 9.09. The van der Waals surface area contributed by atoms with Crippen LogP contribution in [0.2, 0.25) is 0 Å². The molecule has 32 heavy (non-hydrogen) atoms. The van der Waals surface area contributed by atoms with Gasteiger partial charge < -0.3 is 18.9 Å². The molecule has 0 radical (unpaired) electrons. The average Bonchev–Trinajstić information content (AvgIpc) is 3.27. The minimum absolute atomic E-state index is 0.0539. The Labute approximate surface area is 187 Å². The summed E-state index contributed by atoms with van der Waals surface area (Å²) in [6, 6.07) is 0. The number of amides is 1. The fourth-order valence-electron chi connectivity index (χ4n) is 3.93. The van der Waals surface area contributed by atoms with Gasteiger partial charge in [-0.15, -0.1) is 0 Å². The molecule has 1 amide bonds. The highest BCUT2D eigenvalue weighted by Crippen LogP contribution is 2.30. The molecule has 3 aromatic rings. The molecule has 1 aliphatic heterocycles. The van der Waals surface area contributed by atoms with Crippen molar-refractivity contribution < 1.29 is 14.3 Å². The first-order chi connectivity index (χ1) is 15.2. The van der Waals surface area contributed by atoms with Crippen LogP contribution in [0.4, 0.5) is 4.79 Å². The van der Waals surface area contributed by atoms with E-state index < -0.39 is 5.60 Å². The van der Waals surface area contributed by atoms with Gasteiger partial charge in [-0.1, -0.05) is 0 Å². The summed E-state index contributed by atoms with van der Waals surface area (Å²) in [5.74, 6) is 1.25. The van der Waals surface area contributed by atoms with Crippen molar-refractivity contribution in [2.75, 3.05) is 13.1 Å². The van der Waals surface area contributed by atoms with E-state index >= 15 is 0 Å². The van der Waals surface area contributed by atoms with Crippen molar-refractivity contribution in [3.05, 3.63) is 18.2 Å². The number of imidazole rings is 1. The Hall–Kier alpha value is -3.17. The third-order valence-corrected chi connectivity index (χ3v) is 5.64. The largest absolute Gasteiger partial charge is 0.473 e. The molecule has 0 atom stereocenters. The smallest absolute Gasteiger partial charge is 0.410 e. The lowest BCUT2D eigenvalue weighted by molar-refractivity contribution is 0.0124. The van der Waals surface area contributed by atoms with Crippen molar-refractivity contribution in [2.45, 2.75) is 65.7 Å². The number of aryl methyl sites for hydroxylation is 2. The van der Waals surface area contributed by atoms with Gasteiger partial charge in [0.15, 0.2) is 11.2 Å². The molecule has 0 aromatic carbocycles. The zero-order valence-corrected chi connectivity index (χ0v) is 19.6. The van der Waals surface area contributed by atoms with Crippen LogP contribution in [0.3, 0.4) is 0 Å². The topological polar surface area (TPSA) is 100 Å². The maximum Gasteiger partial charge on any atom is 0.410 e. The zero-order chi connectivity index (χ0) is 23.0. The Balaban J connectivity index is 1.51. The molecule has 0 spiro atoms. The summed E-state index contributed by atoms with van der Waals surface area (Å²) >= 11 is 0. The quantitative estimate of drug-likeness (QED) is 0.612. The molecule has 10 nitrogen and oxygen atoms in total. The molecule has 10 heteroatoms. The fourth-order valence-corrected chi connectivity index (χ4v) is 3.93. The summed E-state index contributed by atoms with van der Waals surface area (Å²) in [6.07, 6.45) is 4.40. The molecular formula is C22H31N7O3. The van der Waals surface area contributed by atoms with Crippen LogP contribution in [0, 0.1) is 6.92 Å². The average molecular weight is 442 g/mol. The van der Waals surface area contributed by atoms with Gasteiger partial charge in [-0.25, -0.2) is 14.8 Å². The first-order valence-corrected chi connectivity index (χ1v) is 11.0. The molecule has 1 fully saturated rings. The van der Waals surface area contributed by atoms with Gasteiger partial charge in [-0.2, -0.15) is 10.1 Å². The van der Waals surface area contributed by atoms with Crippen molar-refractivity contribution in [2.24, 2.45) is 7.05 Å². The highest BCUT2D eigenvalue weighted by atomic mass is 16.6. The highest BCUT2D eigenvalue weighted by molar-refractivity contribution is 5.81. The summed E-state index contributed by atoms with van der Waals surface area (Å²) in [6.45, 7) is 11.7. The van der Waals surface area contributed by atoms with E-state index in [1.807, 2.05) is 50.2 Å². The Morgan fingerprint density at radius 3 is 2.56 bits per heavy atom. The van der Waals surface area contributed by atoms with Gasteiger partial charge in [0.2, 0.25) is 5.88 Å². The Bertz CT molecular complexity index is 1120. The van der Waals surface area contributed by atoms with Crippen molar-refractivity contribution in [3.8, 4) is 17.3 Å². The number of nitrogens with zero attached hydrogens (tertiary/aromatic N) is 7. The summed E-state index contributed by atoms with van der Waals surface area (Å²) in [7, 11) is 1.93. The lowest BCUT2D eigenvalue weighted by atomic mass is 10.1. The van der Waals surface area contributed by atoms with Gasteiger partial charge in [0, 0.05) is 45.2 Å². The molecular weight excluding hydrogens is 410 g/mol. The molecule has 0 unspecified atom stereocenters. The number of hydrogen-bond donors (Lipinski definition) is 0. The summed E-state index contributed by atoms with van der Waals surface area (Å²) < 4.78 is 15.6. The van der Waals surface area contributed by atoms with E-state index in [2.05, 4.69) is 22.0 Å². The maximum absolute atomic E-state index is 12.3. The summed E-state index contributed by atoms with van der Waals surface area (Å²) in [4.78, 5) is 27.6. The number of hydrogen-bond acceptors (Lipinski definition) is 7. The van der Waals surface area contributed by atoms with Gasteiger partial charge in [-0.3, -0.25) is 4.68 Å². The standard InChI is InChI=1S/C22H31N7O3/c1-7-29-14(2)16(12-25-29)18-26-17-19(27(18)6)23-13-24-20(17)31-15-8-10-28(11-9-15)21(30)32-22(3,4)5/h12-13,15H,7-11H2,1-6H3. The molecule has 0 bridgehead atoms. The Morgan fingerprint density at radius 2 is 1.94 bits per heavy atom. The van der Waals surface area contributed by atoms with Crippen LogP contribution in [0.5, 0.6) is 5.88 Å². The lowest BCUT2D eigenvalue weighted by Crippen LogP contribution is -2.44. The minimum atomic E-state index is -0.500. The van der Waals surface area contributed by atoms with Crippen LogP contribution in [0.1, 0.15) is 46.2 Å². The molecule has 3 aromatic heterocycles. The number of rotatable bonds is 4. The van der Waals surface area contributed by atoms with E-state index in [0.717, 1.165) is 23.6 Å². The van der Waals surface area contributed by atoms with Crippen LogP contribution in [0.15, 0.2) is 12.5 Å². The van der Waals surface area contributed by atoms with Gasteiger partial charge in [0.05, 0.1) is 11.8 Å². The third-order valence-electron chi connectivity index (χ3n) is 5.64. The van der Waals surface area contributed by atoms with E-state index in [1.165, 1.54) is 6.33 Å². The molecule has 172 valence electrons. The molecule has 0 saturated carbocycles. The Kier molecular flexibility index (Phi) is 5.79. The van der Waals surface area contributed by atoms with Gasteiger partial charge in [0.25, 0.3) is 0 Å². The first-order valence-electron chi connectivity index (χ1n) is 11.0. The minimum Gasteiger partial charge on any atom is -0.473 e. The van der Waals surface area contributed by atoms with Gasteiger partial charge in [0.1, 0.15) is 23.9 Å². The van der Waals surface area contributed by atoms with E-state index in [4.69, 9.17) is 14.5 Å². The monoisotopic (exact) mass is 441 g/mol. The van der Waals surface area contributed by atoms with Crippen LogP contribution in [0.25, 0.3) is 22.6 Å². The second-order valence-corrected chi connectivity index (χ2v) is 9.09. The predicted octanol–water partition coefficient (Wildman–Crippen LogP) is 3.33. The maximum atomic E-state index is 12.3. The normalized spacial score (nSPS) is 15.4. The van der Waals surface area contributed by atoms with E-state index in [1.54, 1.807) is 4.90 Å². The van der Waals surface area contributed by atoms with Crippen LogP contribution in [-0.4, -0.2) is 65.1 Å². The SMILES string of the molecule is CCn1ncc(-c2nc3c(OC4CCN(C(=O)OC(C)(C)C)CC4)ncnc3n2C)c1C. The van der Waals surface area contributed by atoms with Crippen molar-refractivity contribution >= 4 is 17.3 Å². The van der Waals surface area contributed by atoms with Gasteiger partial charge in [-0.05, 0) is 34.6 Å². The van der Waals surface area contributed by atoms with Crippen LogP contribution >= 0.6 is 0 Å². The highest BCUT2D eigenvalue weighted by Gasteiger charge is 2.29. The Morgan fingerprint density at radius 1 is 1.22 bits per heavy atom. The second kappa shape index (κ2) is 8.40. The third kappa shape index (κ3) is 4.26. The molecule has 1 saturated heterocycles. The summed E-state index contributed by atoms with van der Waals surface area (Å²) in [5.41, 5.74) is 2.85. The predicted molar refractivity (Wildman–Crippen MR) is 119 cm³/mol. The number of piperidine rings is 1. The number of fused-ring (bicyclic) bond motifs is 1.